The Morgan fingerprint density at radius 2 is 0.980 bits per heavy atom. The van der Waals surface area contributed by atoms with E-state index < -0.39 is 6.04 Å². The van der Waals surface area contributed by atoms with Gasteiger partial charge < -0.3 is 15.1 Å². The van der Waals surface area contributed by atoms with Crippen molar-refractivity contribution in [1.29, 1.82) is 0 Å². The highest BCUT2D eigenvalue weighted by Crippen LogP contribution is 2.13. The minimum Gasteiger partial charge on any atom is -0.354 e. The van der Waals surface area contributed by atoms with Crippen molar-refractivity contribution in [1.82, 2.24) is 21.3 Å². The van der Waals surface area contributed by atoms with Crippen molar-refractivity contribution < 1.29 is 14.1 Å². The van der Waals surface area contributed by atoms with Crippen molar-refractivity contribution >= 4 is 11.8 Å². The summed E-state index contributed by atoms with van der Waals surface area (Å²) >= 11 is 0. The van der Waals surface area contributed by atoms with Crippen LogP contribution >= 0.6 is 0 Å². The number of rotatable bonds is 38. The highest BCUT2D eigenvalue weighted by molar-refractivity contribution is 5.87. The maximum Gasteiger partial charge on any atom is 0.242 e. The van der Waals surface area contributed by atoms with Gasteiger partial charge in [0.2, 0.25) is 11.8 Å². The minimum atomic E-state index is -0.505. The Morgan fingerprint density at radius 3 is 1.42 bits per heavy atom. The van der Waals surface area contributed by atoms with Crippen LogP contribution in [0.4, 0.5) is 0 Å². The number of amides is 2. The van der Waals surface area contributed by atoms with Gasteiger partial charge in [-0.3, -0.25) is 20.2 Å². The van der Waals surface area contributed by atoms with Gasteiger partial charge in [-0.05, 0) is 52.0 Å². The average molecular weight is 707 g/mol. The zero-order chi connectivity index (χ0) is 37.0. The molecule has 0 aromatic rings. The van der Waals surface area contributed by atoms with Crippen LogP contribution in [0.25, 0.3) is 0 Å². The third kappa shape index (κ3) is 32.5. The van der Waals surface area contributed by atoms with Gasteiger partial charge in [0.15, 0.2) is 6.29 Å². The quantitative estimate of drug-likeness (QED) is 0.0223. The SMILES string of the molecule is CCCCCCCC/C=C/CCCCCCCC(=O)NC(CCNC(NC)[N+](C)(C)C)C(=O)NCCCCCCCCCCCCCCCC. The second kappa shape index (κ2) is 35.9. The Morgan fingerprint density at radius 1 is 0.560 bits per heavy atom. The molecule has 50 heavy (non-hydrogen) atoms. The van der Waals surface area contributed by atoms with E-state index in [2.05, 4.69) is 68.4 Å². The van der Waals surface area contributed by atoms with E-state index in [0.29, 0.717) is 30.4 Å². The first kappa shape index (κ1) is 48.6. The number of hydrogen-bond donors (Lipinski definition) is 4. The Bertz CT molecular complexity index is 782. The van der Waals surface area contributed by atoms with E-state index in [1.807, 2.05) is 7.05 Å². The monoisotopic (exact) mass is 707 g/mol. The van der Waals surface area contributed by atoms with Crippen LogP contribution in [0, 0.1) is 0 Å². The number of carbonyl (C=O) groups is 2. The van der Waals surface area contributed by atoms with Crippen LogP contribution in [-0.4, -0.2) is 69.9 Å². The van der Waals surface area contributed by atoms with Crippen LogP contribution in [0.2, 0.25) is 0 Å². The smallest absolute Gasteiger partial charge is 0.242 e. The molecule has 0 aliphatic rings. The molecule has 0 fully saturated rings. The molecular formula is C43H88N5O2+. The van der Waals surface area contributed by atoms with Crippen molar-refractivity contribution in [3.63, 3.8) is 0 Å². The lowest BCUT2D eigenvalue weighted by molar-refractivity contribution is -0.902. The molecule has 0 rings (SSSR count). The summed E-state index contributed by atoms with van der Waals surface area (Å²) in [6.07, 6.45) is 40.5. The first-order valence-corrected chi connectivity index (χ1v) is 21.7. The molecule has 0 aliphatic carbocycles. The average Bonchev–Trinajstić information content (AvgIpc) is 3.08. The molecule has 2 amide bonds. The van der Waals surface area contributed by atoms with E-state index in [0.717, 1.165) is 25.7 Å². The summed E-state index contributed by atoms with van der Waals surface area (Å²) < 4.78 is 0.717. The molecule has 0 bridgehead atoms. The van der Waals surface area contributed by atoms with Crippen LogP contribution < -0.4 is 21.3 Å². The predicted molar refractivity (Wildman–Crippen MR) is 218 cm³/mol. The molecular weight excluding hydrogens is 619 g/mol. The molecule has 0 aliphatic heterocycles. The zero-order valence-electron chi connectivity index (χ0n) is 34.5. The van der Waals surface area contributed by atoms with Gasteiger partial charge in [0.1, 0.15) is 6.04 Å². The fraction of sp³-hybridized carbons (Fsp3) is 0.907. The number of nitrogens with zero attached hydrogens (tertiary/aromatic N) is 1. The normalized spacial score (nSPS) is 13.2. The van der Waals surface area contributed by atoms with Crippen LogP contribution in [0.1, 0.15) is 200 Å². The lowest BCUT2D eigenvalue weighted by Crippen LogP contribution is -2.61. The van der Waals surface area contributed by atoms with Crippen molar-refractivity contribution in [2.24, 2.45) is 0 Å². The van der Waals surface area contributed by atoms with Gasteiger partial charge in [-0.15, -0.1) is 0 Å². The van der Waals surface area contributed by atoms with Crippen LogP contribution in [0.5, 0.6) is 0 Å². The molecule has 2 unspecified atom stereocenters. The van der Waals surface area contributed by atoms with Crippen LogP contribution in [-0.2, 0) is 9.59 Å². The number of carbonyl (C=O) groups excluding carboxylic acids is 2. The highest BCUT2D eigenvalue weighted by Gasteiger charge is 2.24. The molecule has 7 heteroatoms. The third-order valence-electron chi connectivity index (χ3n) is 9.97. The summed E-state index contributed by atoms with van der Waals surface area (Å²) in [5.74, 6) is -0.0540. The maximum absolute atomic E-state index is 13.2. The number of hydrogen-bond acceptors (Lipinski definition) is 4. The summed E-state index contributed by atoms with van der Waals surface area (Å²) in [6.45, 7) is 5.88. The fourth-order valence-corrected chi connectivity index (χ4v) is 6.67. The standard InChI is InChI=1S/C43H87N5O2/c1-7-9-11-13-15-17-19-21-23-24-26-28-30-32-34-36-41(49)47-40(37-39-46-43(44-3)48(4,5)6)42(50)45-38-35-33-31-29-27-25-22-20-18-16-14-12-10-8-2/h21,23,40,43-44,46H,7-20,22,24-39H2,1-6H3,(H-,45,47,49,50)/p+1/b23-21+. The van der Waals surface area contributed by atoms with Crippen molar-refractivity contribution in [2.75, 3.05) is 41.3 Å². The summed E-state index contributed by atoms with van der Waals surface area (Å²) in [5, 5.41) is 13.0. The van der Waals surface area contributed by atoms with E-state index in [4.69, 9.17) is 0 Å². The predicted octanol–water partition coefficient (Wildman–Crippen LogP) is 10.3. The second-order valence-electron chi connectivity index (χ2n) is 15.9. The number of allylic oxidation sites excluding steroid dienone is 2. The molecule has 0 saturated heterocycles. The van der Waals surface area contributed by atoms with Gasteiger partial charge in [-0.2, -0.15) is 0 Å². The molecule has 0 saturated carbocycles. The van der Waals surface area contributed by atoms with Crippen LogP contribution in [0.15, 0.2) is 12.2 Å². The summed E-state index contributed by atoms with van der Waals surface area (Å²) in [6, 6.07) is -0.505. The van der Waals surface area contributed by atoms with Crippen molar-refractivity contribution in [3.8, 4) is 0 Å². The van der Waals surface area contributed by atoms with Crippen molar-refractivity contribution in [2.45, 2.75) is 212 Å². The summed E-state index contributed by atoms with van der Waals surface area (Å²) in [4.78, 5) is 26.1. The third-order valence-corrected chi connectivity index (χ3v) is 9.97. The molecule has 7 nitrogen and oxygen atoms in total. The van der Waals surface area contributed by atoms with E-state index in [-0.39, 0.29) is 18.1 Å². The molecule has 0 spiro atoms. The molecule has 4 N–H and O–H groups in total. The van der Waals surface area contributed by atoms with Gasteiger partial charge in [0.25, 0.3) is 0 Å². The Balaban J connectivity index is 4.26. The number of unbranched alkanes of at least 4 members (excludes halogenated alkanes) is 24. The zero-order valence-corrected chi connectivity index (χ0v) is 34.5. The van der Waals surface area contributed by atoms with Gasteiger partial charge in [-0.1, -0.05) is 161 Å². The highest BCUT2D eigenvalue weighted by atomic mass is 16.2. The Labute approximate surface area is 312 Å². The Hall–Kier alpha value is -1.44. The topological polar surface area (TPSA) is 82.3 Å². The minimum absolute atomic E-state index is 0.00367. The van der Waals surface area contributed by atoms with Crippen molar-refractivity contribution in [3.05, 3.63) is 12.2 Å². The molecule has 0 radical (unpaired) electrons. The van der Waals surface area contributed by atoms with Gasteiger partial charge in [-0.25, -0.2) is 0 Å². The summed E-state index contributed by atoms with van der Waals surface area (Å²) in [5.41, 5.74) is 0. The van der Waals surface area contributed by atoms with E-state index in [1.165, 1.54) is 148 Å². The fourth-order valence-electron chi connectivity index (χ4n) is 6.67. The Kier molecular flexibility index (Phi) is 34.9. The molecule has 2 atom stereocenters. The molecule has 0 aromatic heterocycles. The maximum atomic E-state index is 13.2. The van der Waals surface area contributed by atoms with Gasteiger partial charge in [0.05, 0.1) is 21.1 Å². The van der Waals surface area contributed by atoms with Crippen LogP contribution in [0.3, 0.4) is 0 Å². The lowest BCUT2D eigenvalue weighted by atomic mass is 10.0. The largest absolute Gasteiger partial charge is 0.354 e. The van der Waals surface area contributed by atoms with E-state index in [9.17, 15) is 9.59 Å². The molecule has 0 aromatic carbocycles. The first-order valence-electron chi connectivity index (χ1n) is 21.7. The lowest BCUT2D eigenvalue weighted by Gasteiger charge is -2.34. The first-order chi connectivity index (χ1) is 24.3. The molecule has 0 heterocycles. The summed E-state index contributed by atoms with van der Waals surface area (Å²) in [7, 11) is 8.33. The van der Waals surface area contributed by atoms with Gasteiger partial charge >= 0.3 is 0 Å². The number of nitrogens with one attached hydrogen (secondary N) is 4. The number of quaternary nitrogens is 1. The van der Waals surface area contributed by atoms with E-state index in [1.54, 1.807) is 0 Å². The second-order valence-corrected chi connectivity index (χ2v) is 15.9. The molecule has 296 valence electrons. The van der Waals surface area contributed by atoms with Gasteiger partial charge in [0, 0.05) is 19.5 Å². The van der Waals surface area contributed by atoms with E-state index >= 15 is 0 Å².